The number of primary amides is 1. The standard InChI is InChI=1S/C35H59NO9/c1-11-12-13-22(4)33(45-35(36)41)26(8)31(38)24(6)17-20(2)16-23(5)30(37)21(3)14-15-28(43-19-42-10)18-29-25(7)32(39)27(9)34(40)44-29/h11-16,21-33,37-39H,1,17-19H2,2-10H3,(H2,36,41)/t21-,22-,23-,24-,25-,26-,27+,28+,29-,30-,31+,32-,33-/m0/s1. The van der Waals surface area contributed by atoms with Gasteiger partial charge in [0, 0.05) is 43.1 Å². The molecule has 1 fully saturated rings. The summed E-state index contributed by atoms with van der Waals surface area (Å²) in [7, 11) is 1.52. The van der Waals surface area contributed by atoms with Gasteiger partial charge >= 0.3 is 12.1 Å². The van der Waals surface area contributed by atoms with Crippen molar-refractivity contribution >= 4 is 12.1 Å². The number of ether oxygens (including phenoxy) is 4. The molecule has 13 atom stereocenters. The van der Waals surface area contributed by atoms with Crippen molar-refractivity contribution < 1.29 is 43.9 Å². The van der Waals surface area contributed by atoms with Gasteiger partial charge < -0.3 is 40.0 Å². The fourth-order valence-corrected chi connectivity index (χ4v) is 6.07. The molecule has 0 aromatic carbocycles. The maximum absolute atomic E-state index is 12.2. The molecule has 5 N–H and O–H groups in total. The lowest BCUT2D eigenvalue weighted by molar-refractivity contribution is -0.181. The summed E-state index contributed by atoms with van der Waals surface area (Å²) in [4.78, 5) is 23.8. The number of carbonyl (C=O) groups is 2. The van der Waals surface area contributed by atoms with Gasteiger partial charge in [0.2, 0.25) is 0 Å². The number of hydrogen-bond acceptors (Lipinski definition) is 9. The molecule has 1 aliphatic heterocycles. The first-order valence-corrected chi connectivity index (χ1v) is 16.0. The second-order valence-corrected chi connectivity index (χ2v) is 13.0. The number of esters is 1. The maximum Gasteiger partial charge on any atom is 0.404 e. The average molecular weight is 638 g/mol. The summed E-state index contributed by atoms with van der Waals surface area (Å²) in [6.07, 6.45) is 7.24. The van der Waals surface area contributed by atoms with E-state index in [-0.39, 0.29) is 42.3 Å². The molecule has 1 saturated heterocycles. The Hall–Kier alpha value is -2.50. The molecule has 45 heavy (non-hydrogen) atoms. The third-order valence-electron chi connectivity index (χ3n) is 9.00. The van der Waals surface area contributed by atoms with Crippen LogP contribution in [0.25, 0.3) is 0 Å². The monoisotopic (exact) mass is 637 g/mol. The highest BCUT2D eigenvalue weighted by molar-refractivity contribution is 5.73. The van der Waals surface area contributed by atoms with E-state index >= 15 is 0 Å². The molecular weight excluding hydrogens is 578 g/mol. The number of nitrogens with two attached hydrogens (primary N) is 1. The van der Waals surface area contributed by atoms with Crippen molar-refractivity contribution in [3.8, 4) is 0 Å². The van der Waals surface area contributed by atoms with E-state index in [2.05, 4.69) is 6.58 Å². The molecular formula is C35H59NO9. The molecule has 1 rings (SSSR count). The van der Waals surface area contributed by atoms with Gasteiger partial charge in [-0.25, -0.2) is 4.79 Å². The second-order valence-electron chi connectivity index (χ2n) is 13.0. The number of cyclic esters (lactones) is 1. The van der Waals surface area contributed by atoms with Gasteiger partial charge in [-0.05, 0) is 26.2 Å². The molecule has 0 aromatic rings. The smallest absolute Gasteiger partial charge is 0.404 e. The number of aliphatic hydroxyl groups excluding tert-OH is 3. The van der Waals surface area contributed by atoms with Crippen molar-refractivity contribution in [3.05, 3.63) is 48.6 Å². The van der Waals surface area contributed by atoms with Gasteiger partial charge in [0.25, 0.3) is 0 Å². The maximum atomic E-state index is 12.2. The van der Waals surface area contributed by atoms with Crippen LogP contribution in [0.15, 0.2) is 48.6 Å². The summed E-state index contributed by atoms with van der Waals surface area (Å²) in [6, 6.07) is 0. The fourth-order valence-electron chi connectivity index (χ4n) is 6.07. The highest BCUT2D eigenvalue weighted by Crippen LogP contribution is 2.31. The van der Waals surface area contributed by atoms with E-state index in [4.69, 9.17) is 24.7 Å². The molecule has 1 amide bonds. The van der Waals surface area contributed by atoms with Crippen LogP contribution in [-0.2, 0) is 23.7 Å². The molecule has 0 radical (unpaired) electrons. The topological polar surface area (TPSA) is 158 Å². The molecule has 0 aliphatic carbocycles. The highest BCUT2D eigenvalue weighted by atomic mass is 16.7. The first-order chi connectivity index (χ1) is 21.0. The van der Waals surface area contributed by atoms with Crippen LogP contribution in [0.1, 0.15) is 68.2 Å². The first-order valence-electron chi connectivity index (χ1n) is 16.0. The third kappa shape index (κ3) is 13.0. The Balaban J connectivity index is 2.89. The summed E-state index contributed by atoms with van der Waals surface area (Å²) < 4.78 is 21.9. The zero-order valence-corrected chi connectivity index (χ0v) is 28.7. The SMILES string of the molecule is C=CC=C[C@H](C)[C@H](OC(N)=O)[C@@H](C)[C@H](O)[C@@H](C)CC(C)=C[C@H](C)[C@@H](O)[C@@H](C)C=C[C@H](C[C@@H]1OC(=O)[C@H](C)[C@@H](O)[C@H]1C)OCOC. The van der Waals surface area contributed by atoms with Gasteiger partial charge in [0.15, 0.2) is 0 Å². The summed E-state index contributed by atoms with van der Waals surface area (Å²) >= 11 is 0. The normalized spacial score (nSPS) is 27.2. The number of rotatable bonds is 19. The number of allylic oxidation sites excluding steroid dienone is 3. The third-order valence-corrected chi connectivity index (χ3v) is 9.00. The van der Waals surface area contributed by atoms with Crippen LogP contribution in [0, 0.1) is 41.4 Å². The molecule has 1 heterocycles. The van der Waals surface area contributed by atoms with Crippen LogP contribution in [0.5, 0.6) is 0 Å². The molecule has 0 aromatic heterocycles. The Labute approximate surface area is 270 Å². The van der Waals surface area contributed by atoms with E-state index < -0.39 is 54.6 Å². The Morgan fingerprint density at radius 3 is 2.27 bits per heavy atom. The van der Waals surface area contributed by atoms with Crippen LogP contribution in [0.2, 0.25) is 0 Å². The molecule has 10 heteroatoms. The number of hydrogen-bond donors (Lipinski definition) is 4. The number of amides is 1. The zero-order valence-electron chi connectivity index (χ0n) is 28.7. The van der Waals surface area contributed by atoms with E-state index in [0.29, 0.717) is 12.8 Å². The average Bonchev–Trinajstić information content (AvgIpc) is 2.99. The van der Waals surface area contributed by atoms with Gasteiger partial charge in [-0.2, -0.15) is 0 Å². The first kappa shape index (κ1) is 40.5. The molecule has 0 saturated carbocycles. The minimum absolute atomic E-state index is 0.0424. The number of carbonyl (C=O) groups excluding carboxylic acids is 2. The van der Waals surface area contributed by atoms with Crippen molar-refractivity contribution in [2.24, 2.45) is 47.2 Å². The molecule has 0 unspecified atom stereocenters. The van der Waals surface area contributed by atoms with Gasteiger partial charge in [0.05, 0.1) is 30.3 Å². The number of methoxy groups -OCH3 is 1. The quantitative estimate of drug-likeness (QED) is 0.0667. The lowest BCUT2D eigenvalue weighted by Crippen LogP contribution is -2.47. The van der Waals surface area contributed by atoms with Crippen LogP contribution >= 0.6 is 0 Å². The zero-order chi connectivity index (χ0) is 34.4. The van der Waals surface area contributed by atoms with Crippen LogP contribution in [0.3, 0.4) is 0 Å². The van der Waals surface area contributed by atoms with Crippen LogP contribution in [-0.4, -0.2) is 77.9 Å². The summed E-state index contributed by atoms with van der Waals surface area (Å²) in [6.45, 7) is 18.7. The lowest BCUT2D eigenvalue weighted by Gasteiger charge is -2.37. The summed E-state index contributed by atoms with van der Waals surface area (Å²) in [5.41, 5.74) is 6.34. The Kier molecular flexibility index (Phi) is 17.9. The Bertz CT molecular complexity index is 1010. The van der Waals surface area contributed by atoms with E-state index in [9.17, 15) is 24.9 Å². The second kappa shape index (κ2) is 19.9. The van der Waals surface area contributed by atoms with Crippen LogP contribution < -0.4 is 5.73 Å². The van der Waals surface area contributed by atoms with Crippen molar-refractivity contribution in [1.82, 2.24) is 0 Å². The van der Waals surface area contributed by atoms with Gasteiger partial charge in [-0.1, -0.05) is 90.2 Å². The fraction of sp³-hybridized carbons (Fsp3) is 0.714. The van der Waals surface area contributed by atoms with E-state index in [1.807, 2.05) is 72.8 Å². The molecule has 1 aliphatic rings. The Morgan fingerprint density at radius 2 is 1.69 bits per heavy atom. The van der Waals surface area contributed by atoms with Gasteiger partial charge in [-0.15, -0.1) is 0 Å². The summed E-state index contributed by atoms with van der Waals surface area (Å²) in [5, 5.41) is 32.7. The largest absolute Gasteiger partial charge is 0.462 e. The molecule has 0 bridgehead atoms. The number of aliphatic hydroxyl groups is 3. The molecule has 258 valence electrons. The van der Waals surface area contributed by atoms with Crippen LogP contribution in [0.4, 0.5) is 4.79 Å². The van der Waals surface area contributed by atoms with Crippen molar-refractivity contribution in [2.75, 3.05) is 13.9 Å². The minimum atomic E-state index is -0.885. The van der Waals surface area contributed by atoms with Crippen molar-refractivity contribution in [1.29, 1.82) is 0 Å². The molecule has 0 spiro atoms. The van der Waals surface area contributed by atoms with E-state index in [1.165, 1.54) is 7.11 Å². The van der Waals surface area contributed by atoms with Gasteiger partial charge in [0.1, 0.15) is 19.0 Å². The Morgan fingerprint density at radius 1 is 1.04 bits per heavy atom. The van der Waals surface area contributed by atoms with Crippen molar-refractivity contribution in [2.45, 2.75) is 105 Å². The predicted octanol–water partition coefficient (Wildman–Crippen LogP) is 4.93. The lowest BCUT2D eigenvalue weighted by atomic mass is 9.81. The summed E-state index contributed by atoms with van der Waals surface area (Å²) in [5.74, 6) is -2.37. The van der Waals surface area contributed by atoms with Crippen molar-refractivity contribution in [3.63, 3.8) is 0 Å². The minimum Gasteiger partial charge on any atom is -0.462 e. The predicted molar refractivity (Wildman–Crippen MR) is 175 cm³/mol. The van der Waals surface area contributed by atoms with E-state index in [0.717, 1.165) is 5.57 Å². The molecule has 10 nitrogen and oxygen atoms in total. The van der Waals surface area contributed by atoms with Gasteiger partial charge in [-0.3, -0.25) is 4.79 Å². The highest BCUT2D eigenvalue weighted by Gasteiger charge is 2.41. The van der Waals surface area contributed by atoms with E-state index in [1.54, 1.807) is 19.1 Å².